The van der Waals surface area contributed by atoms with Gasteiger partial charge in [-0.25, -0.2) is 0 Å². The van der Waals surface area contributed by atoms with Crippen molar-refractivity contribution in [3.8, 4) is 6.07 Å². The Bertz CT molecular complexity index is 539. The maximum absolute atomic E-state index is 12.0. The normalized spacial score (nSPS) is 16.4. The first-order chi connectivity index (χ1) is 10.2. The first-order valence-electron chi connectivity index (χ1n) is 7.05. The Hall–Kier alpha value is -2.32. The van der Waals surface area contributed by atoms with Crippen molar-refractivity contribution in [2.45, 2.75) is 6.54 Å². The third-order valence-corrected chi connectivity index (χ3v) is 3.51. The Morgan fingerprint density at radius 2 is 1.95 bits per heavy atom. The third-order valence-electron chi connectivity index (χ3n) is 3.51. The summed E-state index contributed by atoms with van der Waals surface area (Å²) in [6.07, 6.45) is 1.67. The molecule has 0 atom stereocenters. The fourth-order valence-electron chi connectivity index (χ4n) is 2.15. The predicted octanol–water partition coefficient (Wildman–Crippen LogP) is 0.958. The Labute approximate surface area is 125 Å². The van der Waals surface area contributed by atoms with Gasteiger partial charge in [-0.3, -0.25) is 4.79 Å². The molecule has 1 aromatic carbocycles. The van der Waals surface area contributed by atoms with Gasteiger partial charge in [-0.15, -0.1) is 0 Å². The molecule has 1 heterocycles. The summed E-state index contributed by atoms with van der Waals surface area (Å²) in [6, 6.07) is 11.6. The number of rotatable bonds is 4. The molecular weight excluding hydrogens is 264 g/mol. The molecule has 5 heteroatoms. The Balaban J connectivity index is 1.91. The molecule has 0 aliphatic carbocycles. The SMILES string of the molecule is CN1CCN(/C=C(/C#N)C(=O)NCc2ccccc2)CC1. The van der Waals surface area contributed by atoms with Crippen molar-refractivity contribution in [3.05, 3.63) is 47.7 Å². The number of hydrogen-bond donors (Lipinski definition) is 1. The highest BCUT2D eigenvalue weighted by Crippen LogP contribution is 2.04. The minimum Gasteiger partial charge on any atom is -0.374 e. The summed E-state index contributed by atoms with van der Waals surface area (Å²) in [4.78, 5) is 16.3. The van der Waals surface area contributed by atoms with E-state index in [1.807, 2.05) is 41.3 Å². The van der Waals surface area contributed by atoms with Crippen molar-refractivity contribution >= 4 is 5.91 Å². The lowest BCUT2D eigenvalue weighted by molar-refractivity contribution is -0.117. The van der Waals surface area contributed by atoms with Crippen LogP contribution in [0.1, 0.15) is 5.56 Å². The summed E-state index contributed by atoms with van der Waals surface area (Å²) in [5, 5.41) is 11.9. The van der Waals surface area contributed by atoms with Crippen molar-refractivity contribution in [3.63, 3.8) is 0 Å². The molecule has 21 heavy (non-hydrogen) atoms. The Morgan fingerprint density at radius 1 is 1.29 bits per heavy atom. The standard InChI is InChI=1S/C16H20N4O/c1-19-7-9-20(10-8-19)13-15(11-17)16(21)18-12-14-5-3-2-4-6-14/h2-6,13H,7-10,12H2,1H3,(H,18,21)/b15-13-. The van der Waals surface area contributed by atoms with Crippen molar-refractivity contribution in [2.24, 2.45) is 0 Å². The lowest BCUT2D eigenvalue weighted by Crippen LogP contribution is -2.42. The van der Waals surface area contributed by atoms with Crippen LogP contribution in [-0.4, -0.2) is 48.9 Å². The van der Waals surface area contributed by atoms with E-state index in [4.69, 9.17) is 5.26 Å². The summed E-state index contributed by atoms with van der Waals surface area (Å²) >= 11 is 0. The second-order valence-corrected chi connectivity index (χ2v) is 5.16. The van der Waals surface area contributed by atoms with Gasteiger partial charge in [0.2, 0.25) is 0 Å². The quantitative estimate of drug-likeness (QED) is 0.661. The topological polar surface area (TPSA) is 59.4 Å². The van der Waals surface area contributed by atoms with Gasteiger partial charge in [0.05, 0.1) is 0 Å². The first-order valence-corrected chi connectivity index (χ1v) is 7.05. The summed E-state index contributed by atoms with van der Waals surface area (Å²) in [7, 11) is 2.07. The first kappa shape index (κ1) is 15.1. The van der Waals surface area contributed by atoms with Crippen LogP contribution in [0.2, 0.25) is 0 Å². The molecule has 1 aromatic rings. The highest BCUT2D eigenvalue weighted by atomic mass is 16.1. The highest BCUT2D eigenvalue weighted by Gasteiger charge is 2.14. The van der Waals surface area contributed by atoms with E-state index in [9.17, 15) is 4.79 Å². The van der Waals surface area contributed by atoms with Gasteiger partial charge in [-0.1, -0.05) is 30.3 Å². The summed E-state index contributed by atoms with van der Waals surface area (Å²) in [5.74, 6) is -0.319. The summed E-state index contributed by atoms with van der Waals surface area (Å²) in [5.41, 5.74) is 1.18. The van der Waals surface area contributed by atoms with E-state index in [1.165, 1.54) is 0 Å². The second kappa shape index (κ2) is 7.46. The largest absolute Gasteiger partial charge is 0.374 e. The van der Waals surface area contributed by atoms with Crippen LogP contribution < -0.4 is 5.32 Å². The van der Waals surface area contributed by atoms with Gasteiger partial charge in [0, 0.05) is 38.9 Å². The number of nitrogens with one attached hydrogen (secondary N) is 1. The number of hydrogen-bond acceptors (Lipinski definition) is 4. The number of benzene rings is 1. The van der Waals surface area contributed by atoms with Crippen molar-refractivity contribution in [1.29, 1.82) is 5.26 Å². The predicted molar refractivity (Wildman–Crippen MR) is 81.1 cm³/mol. The molecule has 0 radical (unpaired) electrons. The number of nitriles is 1. The van der Waals surface area contributed by atoms with Crippen LogP contribution in [0, 0.1) is 11.3 Å². The lowest BCUT2D eigenvalue weighted by Gasteiger charge is -2.31. The molecule has 1 aliphatic heterocycles. The van der Waals surface area contributed by atoms with Crippen LogP contribution in [0.4, 0.5) is 0 Å². The number of nitrogens with zero attached hydrogens (tertiary/aromatic N) is 3. The Kier molecular flexibility index (Phi) is 5.35. The minimum absolute atomic E-state index is 0.162. The fourth-order valence-corrected chi connectivity index (χ4v) is 2.15. The molecular formula is C16H20N4O. The molecule has 1 fully saturated rings. The molecule has 1 N–H and O–H groups in total. The van der Waals surface area contributed by atoms with Gasteiger partial charge in [0.1, 0.15) is 11.6 Å². The van der Waals surface area contributed by atoms with Crippen LogP contribution in [0.15, 0.2) is 42.1 Å². The van der Waals surface area contributed by atoms with Gasteiger partial charge in [-0.2, -0.15) is 5.26 Å². The zero-order valence-electron chi connectivity index (χ0n) is 12.2. The van der Waals surface area contributed by atoms with Crippen LogP contribution in [0.3, 0.4) is 0 Å². The zero-order valence-corrected chi connectivity index (χ0v) is 12.2. The monoisotopic (exact) mass is 284 g/mol. The molecule has 1 saturated heterocycles. The van der Waals surface area contributed by atoms with E-state index in [1.54, 1.807) is 6.20 Å². The third kappa shape index (κ3) is 4.62. The van der Waals surface area contributed by atoms with Gasteiger partial charge in [-0.05, 0) is 12.6 Å². The molecule has 0 saturated carbocycles. The highest BCUT2D eigenvalue weighted by molar-refractivity contribution is 5.97. The second-order valence-electron chi connectivity index (χ2n) is 5.16. The maximum atomic E-state index is 12.0. The fraction of sp³-hybridized carbons (Fsp3) is 0.375. The minimum atomic E-state index is -0.319. The van der Waals surface area contributed by atoms with Crippen LogP contribution in [0.25, 0.3) is 0 Å². The van der Waals surface area contributed by atoms with Crippen LogP contribution >= 0.6 is 0 Å². The number of carbonyl (C=O) groups excluding carboxylic acids is 1. The van der Waals surface area contributed by atoms with E-state index in [2.05, 4.69) is 17.3 Å². The molecule has 0 bridgehead atoms. The average Bonchev–Trinajstić information content (AvgIpc) is 2.53. The number of piperazine rings is 1. The molecule has 5 nitrogen and oxygen atoms in total. The van der Waals surface area contributed by atoms with E-state index < -0.39 is 0 Å². The average molecular weight is 284 g/mol. The Morgan fingerprint density at radius 3 is 2.57 bits per heavy atom. The van der Waals surface area contributed by atoms with Crippen LogP contribution in [-0.2, 0) is 11.3 Å². The van der Waals surface area contributed by atoms with Crippen molar-refractivity contribution in [1.82, 2.24) is 15.1 Å². The van der Waals surface area contributed by atoms with Crippen LogP contribution in [0.5, 0.6) is 0 Å². The lowest BCUT2D eigenvalue weighted by atomic mass is 10.2. The molecule has 2 rings (SSSR count). The molecule has 0 unspecified atom stereocenters. The van der Waals surface area contributed by atoms with Crippen molar-refractivity contribution < 1.29 is 4.79 Å². The zero-order chi connectivity index (χ0) is 15.1. The van der Waals surface area contributed by atoms with Gasteiger partial charge < -0.3 is 15.1 Å². The summed E-state index contributed by atoms with van der Waals surface area (Å²) in [6.45, 7) is 4.00. The number of amides is 1. The van der Waals surface area contributed by atoms with E-state index in [0.29, 0.717) is 6.54 Å². The smallest absolute Gasteiger partial charge is 0.263 e. The number of likely N-dealkylation sites (N-methyl/N-ethyl adjacent to an activating group) is 1. The van der Waals surface area contributed by atoms with E-state index in [0.717, 1.165) is 31.7 Å². The van der Waals surface area contributed by atoms with Gasteiger partial charge in [0.15, 0.2) is 0 Å². The molecule has 110 valence electrons. The molecule has 0 aromatic heterocycles. The maximum Gasteiger partial charge on any atom is 0.263 e. The number of carbonyl (C=O) groups is 1. The summed E-state index contributed by atoms with van der Waals surface area (Å²) < 4.78 is 0. The van der Waals surface area contributed by atoms with E-state index in [-0.39, 0.29) is 11.5 Å². The van der Waals surface area contributed by atoms with Crippen molar-refractivity contribution in [2.75, 3.05) is 33.2 Å². The van der Waals surface area contributed by atoms with Gasteiger partial charge in [0.25, 0.3) is 5.91 Å². The van der Waals surface area contributed by atoms with Gasteiger partial charge >= 0.3 is 0 Å². The molecule has 0 spiro atoms. The van der Waals surface area contributed by atoms with E-state index >= 15 is 0 Å². The molecule has 1 aliphatic rings. The molecule has 1 amide bonds.